The first-order chi connectivity index (χ1) is 24.2. The van der Waals surface area contributed by atoms with Crippen molar-refractivity contribution in [2.45, 2.75) is 51.0 Å². The van der Waals surface area contributed by atoms with Crippen LogP contribution in [0, 0.1) is 20.2 Å². The van der Waals surface area contributed by atoms with Gasteiger partial charge in [-0.05, 0) is 61.1 Å². The molecule has 0 bridgehead atoms. The number of hydrogen-bond donors (Lipinski definition) is 2. The van der Waals surface area contributed by atoms with E-state index in [1.807, 2.05) is 12.1 Å². The molecule has 266 valence electrons. The second-order valence-corrected chi connectivity index (χ2v) is 12.3. The molecular weight excluding hydrogens is 640 g/mol. The van der Waals surface area contributed by atoms with E-state index in [-0.39, 0.29) is 29.3 Å². The zero-order chi connectivity index (χ0) is 35.6. The highest BCUT2D eigenvalue weighted by Crippen LogP contribution is 2.22. The van der Waals surface area contributed by atoms with E-state index < -0.39 is 9.85 Å². The average Bonchev–Trinajstić information content (AvgIpc) is 3.93. The Balaban J connectivity index is 0.000000169. The van der Waals surface area contributed by atoms with Crippen LogP contribution in [0.3, 0.4) is 0 Å². The summed E-state index contributed by atoms with van der Waals surface area (Å²) < 4.78 is 10.9. The van der Waals surface area contributed by atoms with Gasteiger partial charge < -0.3 is 19.7 Å². The lowest BCUT2D eigenvalue weighted by Crippen LogP contribution is -2.24. The average molecular weight is 687 g/mol. The molecule has 4 aromatic rings. The fourth-order valence-electron chi connectivity index (χ4n) is 5.60. The summed E-state index contributed by atoms with van der Waals surface area (Å²) in [5.41, 5.74) is 2.71. The summed E-state index contributed by atoms with van der Waals surface area (Å²) in [7, 11) is 0. The maximum Gasteiger partial charge on any atom is 0.269 e. The van der Waals surface area contributed by atoms with Crippen LogP contribution in [0.15, 0.2) is 109 Å². The first-order valence-electron chi connectivity index (χ1n) is 16.9. The molecule has 2 N–H and O–H groups in total. The van der Waals surface area contributed by atoms with E-state index in [9.17, 15) is 25.3 Å². The quantitative estimate of drug-likeness (QED) is 0.153. The Kier molecular flexibility index (Phi) is 15.6. The normalized spacial score (nSPS) is 18.4. The number of phenolic OH excluding ortho intramolecular Hbond substituents is 1. The topological polar surface area (TPSA) is 152 Å². The summed E-state index contributed by atoms with van der Waals surface area (Å²) in [6.45, 7) is 7.64. The number of hydrogen-bond acceptors (Lipinski definition) is 10. The van der Waals surface area contributed by atoms with Crippen molar-refractivity contribution in [3.8, 4) is 11.5 Å². The predicted molar refractivity (Wildman–Crippen MR) is 191 cm³/mol. The fourth-order valence-corrected chi connectivity index (χ4v) is 5.60. The van der Waals surface area contributed by atoms with Crippen LogP contribution >= 0.6 is 0 Å². The minimum absolute atomic E-state index is 0.0159. The van der Waals surface area contributed by atoms with Crippen molar-refractivity contribution in [3.63, 3.8) is 0 Å². The Morgan fingerprint density at radius 2 is 1.16 bits per heavy atom. The molecule has 4 aromatic carbocycles. The van der Waals surface area contributed by atoms with Crippen LogP contribution in [-0.2, 0) is 17.8 Å². The highest BCUT2D eigenvalue weighted by Gasteiger charge is 2.24. The molecule has 3 aliphatic heterocycles. The highest BCUT2D eigenvalue weighted by molar-refractivity contribution is 5.36. The molecular formula is C38H46N4O8. The first-order valence-corrected chi connectivity index (χ1v) is 16.9. The number of rotatable bonds is 8. The van der Waals surface area contributed by atoms with E-state index in [0.717, 1.165) is 65.3 Å². The van der Waals surface area contributed by atoms with E-state index in [0.29, 0.717) is 5.75 Å². The standard InChI is InChI=1S/C17H18N2O3.C11H15NO.C6H5NO3.C4H8O/c20-19(21)15-6-8-16(9-7-15)22-17-10-11-18(13-17)12-14-4-2-1-3-5-14;13-11-6-7-12(9-11)8-10-4-2-1-3-5-10;8-6-3-1-5(2-4-6)7(9)10;1-2-4-5-3-1/h1-9,17H,10-13H2;1-5,11,13H,6-9H2;1-4,8H;1-4H2. The molecule has 50 heavy (non-hydrogen) atoms. The van der Waals surface area contributed by atoms with Gasteiger partial charge in [0.25, 0.3) is 11.4 Å². The number of phenols is 1. The molecule has 3 fully saturated rings. The third kappa shape index (κ3) is 13.9. The van der Waals surface area contributed by atoms with E-state index in [1.54, 1.807) is 12.1 Å². The Hall–Kier alpha value is -4.88. The molecule has 2 atom stereocenters. The summed E-state index contributed by atoms with van der Waals surface area (Å²) in [6.07, 6.45) is 4.49. The van der Waals surface area contributed by atoms with Gasteiger partial charge in [-0.15, -0.1) is 0 Å². The molecule has 12 nitrogen and oxygen atoms in total. The van der Waals surface area contributed by atoms with Crippen LogP contribution < -0.4 is 4.74 Å². The lowest BCUT2D eigenvalue weighted by atomic mass is 10.2. The molecule has 0 saturated carbocycles. The third-order valence-corrected chi connectivity index (χ3v) is 8.21. The van der Waals surface area contributed by atoms with Crippen LogP contribution in [0.4, 0.5) is 11.4 Å². The second kappa shape index (κ2) is 20.6. The van der Waals surface area contributed by atoms with Gasteiger partial charge in [0, 0.05) is 76.7 Å². The van der Waals surface area contributed by atoms with Crippen molar-refractivity contribution in [1.29, 1.82) is 0 Å². The highest BCUT2D eigenvalue weighted by atomic mass is 16.6. The number of ether oxygens (including phenoxy) is 2. The van der Waals surface area contributed by atoms with E-state index in [1.165, 1.54) is 60.4 Å². The Morgan fingerprint density at radius 3 is 1.60 bits per heavy atom. The zero-order valence-corrected chi connectivity index (χ0v) is 28.2. The number of non-ortho nitro benzene ring substituents is 2. The summed E-state index contributed by atoms with van der Waals surface area (Å²) in [6, 6.07) is 32.1. The first kappa shape index (κ1) is 37.9. The van der Waals surface area contributed by atoms with Crippen molar-refractivity contribution in [1.82, 2.24) is 9.80 Å². The molecule has 0 aromatic heterocycles. The smallest absolute Gasteiger partial charge is 0.269 e. The summed E-state index contributed by atoms with van der Waals surface area (Å²) >= 11 is 0. The molecule has 0 spiro atoms. The molecule has 2 unspecified atom stereocenters. The van der Waals surface area contributed by atoms with Crippen molar-refractivity contribution in [2.24, 2.45) is 0 Å². The van der Waals surface area contributed by atoms with Gasteiger partial charge >= 0.3 is 0 Å². The number of aliphatic hydroxyl groups is 1. The van der Waals surface area contributed by atoms with Crippen molar-refractivity contribution < 1.29 is 29.5 Å². The molecule has 7 rings (SSSR count). The summed E-state index contributed by atoms with van der Waals surface area (Å²) in [4.78, 5) is 24.4. The van der Waals surface area contributed by atoms with E-state index in [2.05, 4.69) is 58.3 Å². The minimum Gasteiger partial charge on any atom is -0.508 e. The van der Waals surface area contributed by atoms with Gasteiger partial charge in [0.1, 0.15) is 17.6 Å². The molecule has 3 saturated heterocycles. The van der Waals surface area contributed by atoms with Crippen LogP contribution in [-0.4, -0.2) is 81.5 Å². The number of likely N-dealkylation sites (tertiary alicyclic amines) is 2. The summed E-state index contributed by atoms with van der Waals surface area (Å²) in [5.74, 6) is 0.725. The van der Waals surface area contributed by atoms with Gasteiger partial charge in [0.15, 0.2) is 0 Å². The van der Waals surface area contributed by atoms with Crippen LogP contribution in [0.5, 0.6) is 11.5 Å². The number of nitro benzene ring substituents is 2. The zero-order valence-electron chi connectivity index (χ0n) is 28.2. The van der Waals surface area contributed by atoms with E-state index in [4.69, 9.17) is 14.6 Å². The van der Waals surface area contributed by atoms with Crippen molar-refractivity contribution in [3.05, 3.63) is 141 Å². The Morgan fingerprint density at radius 1 is 0.680 bits per heavy atom. The fraction of sp³-hybridized carbons (Fsp3) is 0.368. The van der Waals surface area contributed by atoms with Crippen molar-refractivity contribution >= 4 is 11.4 Å². The maximum atomic E-state index is 10.6. The maximum absolute atomic E-state index is 10.6. The van der Waals surface area contributed by atoms with Gasteiger partial charge in [-0.2, -0.15) is 0 Å². The number of aliphatic hydroxyl groups excluding tert-OH is 1. The predicted octanol–water partition coefficient (Wildman–Crippen LogP) is 6.60. The van der Waals surface area contributed by atoms with Crippen LogP contribution in [0.2, 0.25) is 0 Å². The molecule has 0 radical (unpaired) electrons. The number of β-amino-alcohol motifs (C(OH)–C–C–N with tert-alkyl or cyclic N) is 1. The summed E-state index contributed by atoms with van der Waals surface area (Å²) in [5, 5.41) is 38.7. The lowest BCUT2D eigenvalue weighted by molar-refractivity contribution is -0.385. The Labute approximate surface area is 292 Å². The molecule has 12 heteroatoms. The minimum atomic E-state index is -0.514. The SMILES string of the molecule is C1CCOC1.O=[N+]([O-])c1ccc(O)cc1.O=[N+]([O-])c1ccc(OC2CCN(Cc3ccccc3)C2)cc1.OC1CCN(Cc2ccccc2)C1. The Bertz CT molecular complexity index is 1550. The molecule has 0 aliphatic carbocycles. The number of benzene rings is 4. The monoisotopic (exact) mass is 686 g/mol. The number of aromatic hydroxyl groups is 1. The van der Waals surface area contributed by atoms with Crippen molar-refractivity contribution in [2.75, 3.05) is 39.4 Å². The largest absolute Gasteiger partial charge is 0.508 e. The third-order valence-electron chi connectivity index (χ3n) is 8.21. The van der Waals surface area contributed by atoms with Gasteiger partial charge in [-0.3, -0.25) is 30.0 Å². The van der Waals surface area contributed by atoms with Gasteiger partial charge in [0.05, 0.1) is 16.0 Å². The number of nitro groups is 2. The number of nitrogens with zero attached hydrogens (tertiary/aromatic N) is 4. The van der Waals surface area contributed by atoms with E-state index >= 15 is 0 Å². The van der Waals surface area contributed by atoms with Gasteiger partial charge in [-0.25, -0.2) is 0 Å². The molecule has 3 heterocycles. The van der Waals surface area contributed by atoms with Crippen LogP contribution in [0.25, 0.3) is 0 Å². The van der Waals surface area contributed by atoms with Gasteiger partial charge in [-0.1, -0.05) is 60.7 Å². The lowest BCUT2D eigenvalue weighted by Gasteiger charge is -2.17. The molecule has 0 amide bonds. The van der Waals surface area contributed by atoms with Gasteiger partial charge in [0.2, 0.25) is 0 Å². The second-order valence-electron chi connectivity index (χ2n) is 12.3. The molecule has 3 aliphatic rings. The van der Waals surface area contributed by atoms with Crippen LogP contribution in [0.1, 0.15) is 36.8 Å².